The van der Waals surface area contributed by atoms with Crippen molar-refractivity contribution in [1.29, 1.82) is 5.26 Å². The molecule has 0 bridgehead atoms. The molecule has 6 heteroatoms. The molecular formula is C14H25N3O2S. The highest BCUT2D eigenvalue weighted by molar-refractivity contribution is 7.91. The Kier molecular flexibility index (Phi) is 4.73. The van der Waals surface area contributed by atoms with Crippen LogP contribution in [0.4, 0.5) is 0 Å². The van der Waals surface area contributed by atoms with E-state index in [0.29, 0.717) is 18.9 Å². The van der Waals surface area contributed by atoms with Gasteiger partial charge in [0.2, 0.25) is 0 Å². The first-order valence-electron chi connectivity index (χ1n) is 7.49. The minimum absolute atomic E-state index is 0.0647. The molecule has 1 N–H and O–H groups in total. The molecule has 0 radical (unpaired) electrons. The van der Waals surface area contributed by atoms with Gasteiger partial charge in [0.1, 0.15) is 5.54 Å². The fraction of sp³-hybridized carbons (Fsp3) is 0.929. The van der Waals surface area contributed by atoms with E-state index in [4.69, 9.17) is 0 Å². The average molecular weight is 299 g/mol. The summed E-state index contributed by atoms with van der Waals surface area (Å²) in [7, 11) is -0.917. The normalized spacial score (nSPS) is 28.2. The third-order valence-electron chi connectivity index (χ3n) is 4.49. The molecule has 2 aliphatic rings. The smallest absolute Gasteiger partial charge is 0.151 e. The van der Waals surface area contributed by atoms with Crippen LogP contribution in [0, 0.1) is 17.2 Å². The maximum absolute atomic E-state index is 11.6. The molecule has 0 aromatic carbocycles. The van der Waals surface area contributed by atoms with Gasteiger partial charge in [-0.15, -0.1) is 0 Å². The van der Waals surface area contributed by atoms with E-state index in [1.165, 1.54) is 0 Å². The van der Waals surface area contributed by atoms with Crippen molar-refractivity contribution < 1.29 is 8.42 Å². The highest BCUT2D eigenvalue weighted by Gasteiger charge is 2.47. The molecule has 2 fully saturated rings. The third-order valence-corrected chi connectivity index (χ3v) is 6.25. The highest BCUT2D eigenvalue weighted by Crippen LogP contribution is 2.40. The molecule has 2 atom stereocenters. The van der Waals surface area contributed by atoms with E-state index in [9.17, 15) is 13.7 Å². The molecule has 0 aromatic heterocycles. The second-order valence-corrected chi connectivity index (χ2v) is 8.48. The zero-order chi connectivity index (χ0) is 14.8. The number of nitrogens with one attached hydrogen (secondary N) is 1. The van der Waals surface area contributed by atoms with Crippen LogP contribution >= 0.6 is 0 Å². The molecular weight excluding hydrogens is 274 g/mol. The maximum Gasteiger partial charge on any atom is 0.151 e. The Balaban J connectivity index is 2.02. The van der Waals surface area contributed by atoms with Crippen molar-refractivity contribution in [3.8, 4) is 6.07 Å². The van der Waals surface area contributed by atoms with Gasteiger partial charge >= 0.3 is 0 Å². The number of rotatable bonds is 7. The standard InChI is InChI=1S/C14H25N3O2S/c1-3-7-16-14(10-15,12-4-5-12)11-17(2)13-6-8-20(18,19)9-13/h12-13,16H,3-9,11H2,1-2H3. The SMILES string of the molecule is CCCNC(C#N)(CN(C)C1CCS(=O)(=O)C1)C1CC1. The van der Waals surface area contributed by atoms with Crippen molar-refractivity contribution in [1.82, 2.24) is 10.2 Å². The number of likely N-dealkylation sites (N-methyl/N-ethyl adjacent to an activating group) is 1. The summed E-state index contributed by atoms with van der Waals surface area (Å²) >= 11 is 0. The molecule has 114 valence electrons. The largest absolute Gasteiger partial charge is 0.299 e. The van der Waals surface area contributed by atoms with Gasteiger partial charge in [0.25, 0.3) is 0 Å². The lowest BCUT2D eigenvalue weighted by atomic mass is 9.93. The molecule has 1 aliphatic carbocycles. The minimum Gasteiger partial charge on any atom is -0.299 e. The summed E-state index contributed by atoms with van der Waals surface area (Å²) in [5.41, 5.74) is -0.503. The van der Waals surface area contributed by atoms with E-state index in [-0.39, 0.29) is 17.5 Å². The van der Waals surface area contributed by atoms with Gasteiger partial charge in [-0.1, -0.05) is 6.92 Å². The predicted molar refractivity (Wildman–Crippen MR) is 79.1 cm³/mol. The summed E-state index contributed by atoms with van der Waals surface area (Å²) in [6.07, 6.45) is 3.89. The molecule has 20 heavy (non-hydrogen) atoms. The lowest BCUT2D eigenvalue weighted by Crippen LogP contribution is -2.55. The molecule has 2 rings (SSSR count). The van der Waals surface area contributed by atoms with Gasteiger partial charge in [-0.3, -0.25) is 10.2 Å². The van der Waals surface area contributed by atoms with Crippen LogP contribution in [0.25, 0.3) is 0 Å². The van der Waals surface area contributed by atoms with Crippen molar-refractivity contribution in [2.24, 2.45) is 5.92 Å². The van der Waals surface area contributed by atoms with Crippen LogP contribution < -0.4 is 5.32 Å². The fourth-order valence-corrected chi connectivity index (χ4v) is 4.87. The van der Waals surface area contributed by atoms with Crippen LogP contribution in [0.2, 0.25) is 0 Å². The van der Waals surface area contributed by atoms with Gasteiger partial charge in [-0.2, -0.15) is 5.26 Å². The van der Waals surface area contributed by atoms with Gasteiger partial charge in [-0.25, -0.2) is 8.42 Å². The number of nitrogens with zero attached hydrogens (tertiary/aromatic N) is 2. The number of hydrogen-bond donors (Lipinski definition) is 1. The molecule has 1 aliphatic heterocycles. The van der Waals surface area contributed by atoms with Gasteiger partial charge in [0.15, 0.2) is 9.84 Å². The van der Waals surface area contributed by atoms with Gasteiger partial charge < -0.3 is 0 Å². The minimum atomic E-state index is -2.87. The molecule has 1 saturated heterocycles. The second kappa shape index (κ2) is 6.00. The van der Waals surface area contributed by atoms with Crippen LogP contribution in [0.5, 0.6) is 0 Å². The number of nitriles is 1. The van der Waals surface area contributed by atoms with Gasteiger partial charge in [0.05, 0.1) is 17.6 Å². The summed E-state index contributed by atoms with van der Waals surface area (Å²) in [4.78, 5) is 2.08. The molecule has 2 unspecified atom stereocenters. The molecule has 0 aromatic rings. The van der Waals surface area contributed by atoms with Crippen LogP contribution in [0.15, 0.2) is 0 Å². The summed E-state index contributed by atoms with van der Waals surface area (Å²) in [6.45, 7) is 3.55. The molecule has 5 nitrogen and oxygen atoms in total. The first-order valence-corrected chi connectivity index (χ1v) is 9.31. The van der Waals surface area contributed by atoms with Crippen molar-refractivity contribution in [3.05, 3.63) is 0 Å². The maximum atomic E-state index is 11.6. The highest BCUT2D eigenvalue weighted by atomic mass is 32.2. The zero-order valence-electron chi connectivity index (χ0n) is 12.4. The van der Waals surface area contributed by atoms with Crippen LogP contribution in [-0.2, 0) is 9.84 Å². The van der Waals surface area contributed by atoms with E-state index in [2.05, 4.69) is 23.2 Å². The first-order chi connectivity index (χ1) is 9.42. The average Bonchev–Trinajstić information content (AvgIpc) is 3.19. The summed E-state index contributed by atoms with van der Waals surface area (Å²) in [5.74, 6) is 0.941. The topological polar surface area (TPSA) is 73.2 Å². The first kappa shape index (κ1) is 15.7. The predicted octanol–water partition coefficient (Wildman–Crippen LogP) is 0.777. The van der Waals surface area contributed by atoms with E-state index >= 15 is 0 Å². The van der Waals surface area contributed by atoms with E-state index in [1.807, 2.05) is 7.05 Å². The third kappa shape index (κ3) is 3.51. The molecule has 1 saturated carbocycles. The van der Waals surface area contributed by atoms with Crippen molar-refractivity contribution >= 4 is 9.84 Å². The quantitative estimate of drug-likeness (QED) is 0.752. The Hall–Kier alpha value is -0.640. The Bertz CT molecular complexity index is 481. The van der Waals surface area contributed by atoms with Crippen molar-refractivity contribution in [2.75, 3.05) is 31.6 Å². The Morgan fingerprint density at radius 2 is 2.10 bits per heavy atom. The lowest BCUT2D eigenvalue weighted by molar-refractivity contribution is 0.188. The van der Waals surface area contributed by atoms with E-state index in [0.717, 1.165) is 25.8 Å². The molecule has 0 amide bonds. The molecule has 1 heterocycles. The van der Waals surface area contributed by atoms with Crippen molar-refractivity contribution in [3.63, 3.8) is 0 Å². The zero-order valence-corrected chi connectivity index (χ0v) is 13.2. The Morgan fingerprint density at radius 1 is 1.40 bits per heavy atom. The summed E-state index contributed by atoms with van der Waals surface area (Å²) in [5, 5.41) is 13.1. The Labute approximate surface area is 122 Å². The van der Waals surface area contributed by atoms with Crippen LogP contribution in [0.1, 0.15) is 32.6 Å². The number of hydrogen-bond acceptors (Lipinski definition) is 5. The van der Waals surface area contributed by atoms with Crippen LogP contribution in [0.3, 0.4) is 0 Å². The van der Waals surface area contributed by atoms with Crippen LogP contribution in [-0.4, -0.2) is 56.5 Å². The summed E-state index contributed by atoms with van der Waals surface area (Å²) < 4.78 is 23.2. The van der Waals surface area contributed by atoms with Gasteiger partial charge in [-0.05, 0) is 45.2 Å². The monoisotopic (exact) mass is 299 g/mol. The van der Waals surface area contributed by atoms with E-state index in [1.54, 1.807) is 0 Å². The number of sulfone groups is 1. The second-order valence-electron chi connectivity index (χ2n) is 6.26. The van der Waals surface area contributed by atoms with Gasteiger partial charge in [0, 0.05) is 12.6 Å². The summed E-state index contributed by atoms with van der Waals surface area (Å²) in [6, 6.07) is 2.55. The lowest BCUT2D eigenvalue weighted by Gasteiger charge is -2.35. The fourth-order valence-electron chi connectivity index (χ4n) is 3.07. The van der Waals surface area contributed by atoms with E-state index < -0.39 is 15.4 Å². The molecule has 0 spiro atoms. The van der Waals surface area contributed by atoms with Crippen molar-refractivity contribution in [2.45, 2.75) is 44.2 Å². The Morgan fingerprint density at radius 3 is 2.55 bits per heavy atom.